The van der Waals surface area contributed by atoms with Crippen LogP contribution < -0.4 is 5.32 Å². The highest BCUT2D eigenvalue weighted by molar-refractivity contribution is 5.85. The van der Waals surface area contributed by atoms with Gasteiger partial charge in [0.05, 0.1) is 0 Å². The van der Waals surface area contributed by atoms with Gasteiger partial charge in [-0.15, -0.1) is 12.4 Å². The fraction of sp³-hybridized carbons (Fsp3) is 0.333. The quantitative estimate of drug-likeness (QED) is 0.716. The molecule has 1 aromatic rings. The molecule has 0 spiro atoms. The van der Waals surface area contributed by atoms with E-state index in [-0.39, 0.29) is 18.2 Å². The normalized spacial score (nSPS) is 18.2. The van der Waals surface area contributed by atoms with Crippen molar-refractivity contribution < 1.29 is 4.39 Å². The topological polar surface area (TPSA) is 12.0 Å². The molecule has 0 saturated heterocycles. The van der Waals surface area contributed by atoms with Crippen molar-refractivity contribution >= 4 is 18.0 Å². The van der Waals surface area contributed by atoms with E-state index in [0.717, 1.165) is 37.1 Å². The van der Waals surface area contributed by atoms with Gasteiger partial charge in [-0.3, -0.25) is 0 Å². The number of benzene rings is 1. The summed E-state index contributed by atoms with van der Waals surface area (Å²) in [5, 5.41) is 3.34. The van der Waals surface area contributed by atoms with Gasteiger partial charge < -0.3 is 5.32 Å². The standard InChI is InChI=1S/C12H12FN.ClH/c13-12-3-1-2-9-10(12)6-8-4-5-14-7-11(8)9;/h1-3,14H,4-7H2;1H. The molecule has 3 heteroatoms. The Kier molecular flexibility index (Phi) is 2.81. The van der Waals surface area contributed by atoms with Crippen LogP contribution in [0.15, 0.2) is 23.8 Å². The second kappa shape index (κ2) is 3.95. The van der Waals surface area contributed by atoms with Crippen LogP contribution in [0.1, 0.15) is 17.5 Å². The van der Waals surface area contributed by atoms with Crippen LogP contribution in [0, 0.1) is 5.82 Å². The highest BCUT2D eigenvalue weighted by atomic mass is 35.5. The maximum atomic E-state index is 13.5. The summed E-state index contributed by atoms with van der Waals surface area (Å²) in [6.07, 6.45) is 1.91. The zero-order valence-electron chi connectivity index (χ0n) is 8.35. The maximum Gasteiger partial charge on any atom is 0.127 e. The molecule has 1 heterocycles. The van der Waals surface area contributed by atoms with Crippen LogP contribution in [0.4, 0.5) is 4.39 Å². The van der Waals surface area contributed by atoms with Crippen LogP contribution in [-0.4, -0.2) is 13.1 Å². The predicted octanol–water partition coefficient (Wildman–Crippen LogP) is 2.55. The Hall–Kier alpha value is -0.860. The molecule has 1 aromatic carbocycles. The number of fused-ring (bicyclic) bond motifs is 2. The van der Waals surface area contributed by atoms with Crippen molar-refractivity contribution in [1.82, 2.24) is 5.32 Å². The molecule has 15 heavy (non-hydrogen) atoms. The molecule has 0 fully saturated rings. The van der Waals surface area contributed by atoms with E-state index in [0.29, 0.717) is 0 Å². The van der Waals surface area contributed by atoms with Crippen molar-refractivity contribution in [2.75, 3.05) is 13.1 Å². The van der Waals surface area contributed by atoms with Crippen molar-refractivity contribution in [3.8, 4) is 0 Å². The predicted molar refractivity (Wildman–Crippen MR) is 61.8 cm³/mol. The second-order valence-electron chi connectivity index (χ2n) is 3.95. The second-order valence-corrected chi connectivity index (χ2v) is 3.95. The fourth-order valence-corrected chi connectivity index (χ4v) is 2.44. The third-order valence-electron chi connectivity index (χ3n) is 3.17. The molecule has 1 nitrogen and oxygen atoms in total. The van der Waals surface area contributed by atoms with Crippen LogP contribution in [0.3, 0.4) is 0 Å². The van der Waals surface area contributed by atoms with Crippen LogP contribution in [-0.2, 0) is 6.42 Å². The number of halogens is 2. The summed E-state index contributed by atoms with van der Waals surface area (Å²) in [7, 11) is 0. The van der Waals surface area contributed by atoms with Crippen LogP contribution >= 0.6 is 12.4 Å². The van der Waals surface area contributed by atoms with Crippen molar-refractivity contribution in [3.05, 3.63) is 40.7 Å². The summed E-state index contributed by atoms with van der Waals surface area (Å²) in [6, 6.07) is 5.40. The summed E-state index contributed by atoms with van der Waals surface area (Å²) in [5.41, 5.74) is 4.81. The first-order chi connectivity index (χ1) is 6.86. The maximum absolute atomic E-state index is 13.5. The molecule has 80 valence electrons. The molecule has 1 aliphatic heterocycles. The lowest BCUT2D eigenvalue weighted by molar-refractivity contribution is 0.613. The molecular weight excluding hydrogens is 213 g/mol. The minimum Gasteiger partial charge on any atom is -0.312 e. The van der Waals surface area contributed by atoms with Gasteiger partial charge in [-0.2, -0.15) is 0 Å². The minimum absolute atomic E-state index is 0. The highest BCUT2D eigenvalue weighted by Gasteiger charge is 2.25. The minimum atomic E-state index is -0.0445. The van der Waals surface area contributed by atoms with E-state index in [1.54, 1.807) is 12.1 Å². The molecule has 1 N–H and O–H groups in total. The Morgan fingerprint density at radius 3 is 3.00 bits per heavy atom. The van der Waals surface area contributed by atoms with Gasteiger partial charge >= 0.3 is 0 Å². The molecule has 0 aromatic heterocycles. The third-order valence-corrected chi connectivity index (χ3v) is 3.17. The molecule has 1 aliphatic carbocycles. The van der Waals surface area contributed by atoms with E-state index in [2.05, 4.69) is 5.32 Å². The van der Waals surface area contributed by atoms with Gasteiger partial charge in [0.2, 0.25) is 0 Å². The third kappa shape index (κ3) is 1.58. The molecule has 2 aliphatic rings. The lowest BCUT2D eigenvalue weighted by Gasteiger charge is -2.15. The molecule has 0 atom stereocenters. The average Bonchev–Trinajstić information content (AvgIpc) is 2.59. The Morgan fingerprint density at radius 1 is 1.27 bits per heavy atom. The van der Waals surface area contributed by atoms with E-state index in [4.69, 9.17) is 0 Å². The van der Waals surface area contributed by atoms with E-state index in [1.165, 1.54) is 11.1 Å². The molecular formula is C12H13ClFN. The summed E-state index contributed by atoms with van der Waals surface area (Å²) in [5.74, 6) is -0.0445. The largest absolute Gasteiger partial charge is 0.312 e. The first-order valence-corrected chi connectivity index (χ1v) is 5.05. The van der Waals surface area contributed by atoms with Gasteiger partial charge in [-0.25, -0.2) is 4.39 Å². The number of hydrogen-bond donors (Lipinski definition) is 1. The zero-order valence-corrected chi connectivity index (χ0v) is 9.16. The number of nitrogens with one attached hydrogen (secondary N) is 1. The lowest BCUT2D eigenvalue weighted by atomic mass is 10.0. The molecule has 0 radical (unpaired) electrons. The molecule has 0 saturated carbocycles. The monoisotopic (exact) mass is 225 g/mol. The van der Waals surface area contributed by atoms with Crippen LogP contribution in [0.5, 0.6) is 0 Å². The molecule has 0 amide bonds. The first-order valence-electron chi connectivity index (χ1n) is 5.05. The van der Waals surface area contributed by atoms with Gasteiger partial charge in [-0.05, 0) is 42.2 Å². The zero-order chi connectivity index (χ0) is 9.54. The summed E-state index contributed by atoms with van der Waals surface area (Å²) in [6.45, 7) is 1.94. The van der Waals surface area contributed by atoms with Crippen molar-refractivity contribution in [2.45, 2.75) is 12.8 Å². The van der Waals surface area contributed by atoms with E-state index >= 15 is 0 Å². The Balaban J connectivity index is 0.000000853. The van der Waals surface area contributed by atoms with Gasteiger partial charge in [0, 0.05) is 6.54 Å². The molecule has 0 unspecified atom stereocenters. The summed E-state index contributed by atoms with van der Waals surface area (Å²) < 4.78 is 13.5. The first kappa shape index (κ1) is 10.7. The number of hydrogen-bond acceptors (Lipinski definition) is 1. The van der Waals surface area contributed by atoms with E-state index < -0.39 is 0 Å². The van der Waals surface area contributed by atoms with Crippen molar-refractivity contribution in [1.29, 1.82) is 0 Å². The van der Waals surface area contributed by atoms with Gasteiger partial charge in [0.25, 0.3) is 0 Å². The van der Waals surface area contributed by atoms with E-state index in [9.17, 15) is 4.39 Å². The van der Waals surface area contributed by atoms with Gasteiger partial charge in [-0.1, -0.05) is 17.7 Å². The fourth-order valence-electron chi connectivity index (χ4n) is 2.44. The summed E-state index contributed by atoms with van der Waals surface area (Å²) in [4.78, 5) is 0. The Labute approximate surface area is 94.8 Å². The van der Waals surface area contributed by atoms with Crippen molar-refractivity contribution in [3.63, 3.8) is 0 Å². The van der Waals surface area contributed by atoms with Crippen molar-refractivity contribution in [2.24, 2.45) is 0 Å². The lowest BCUT2D eigenvalue weighted by Crippen LogP contribution is -2.22. The highest BCUT2D eigenvalue weighted by Crippen LogP contribution is 2.36. The molecule has 0 bridgehead atoms. The summed E-state index contributed by atoms with van der Waals surface area (Å²) >= 11 is 0. The smallest absolute Gasteiger partial charge is 0.127 e. The Bertz CT molecular complexity index is 426. The molecule has 3 rings (SSSR count). The van der Waals surface area contributed by atoms with Crippen LogP contribution in [0.25, 0.3) is 5.57 Å². The Morgan fingerprint density at radius 2 is 2.13 bits per heavy atom. The van der Waals surface area contributed by atoms with Crippen LogP contribution in [0.2, 0.25) is 0 Å². The van der Waals surface area contributed by atoms with Gasteiger partial charge in [0.15, 0.2) is 0 Å². The average molecular weight is 226 g/mol. The SMILES string of the molecule is Cl.Fc1cccc2c1CC1=C2CNCC1. The van der Waals surface area contributed by atoms with E-state index in [1.807, 2.05) is 6.07 Å². The van der Waals surface area contributed by atoms with Gasteiger partial charge in [0.1, 0.15) is 5.82 Å². The number of rotatable bonds is 0.